The third-order valence-electron chi connectivity index (χ3n) is 4.33. The summed E-state index contributed by atoms with van der Waals surface area (Å²) in [6.07, 6.45) is 5.44. The SMILES string of the molecule is COc1ccc(Sc2ncc(-c3c(C)nc4n3CCCC4)[nH]2)cc1. The van der Waals surface area contributed by atoms with Crippen molar-refractivity contribution in [1.82, 2.24) is 19.5 Å². The summed E-state index contributed by atoms with van der Waals surface area (Å²) in [5.41, 5.74) is 3.31. The van der Waals surface area contributed by atoms with Gasteiger partial charge in [0.05, 0.1) is 30.4 Å². The number of aryl methyl sites for hydroxylation is 2. The predicted octanol–water partition coefficient (Wildman–Crippen LogP) is 4.08. The second-order valence-corrected chi connectivity index (χ2v) is 7.01. The number of nitrogens with zero attached hydrogens (tertiary/aromatic N) is 3. The molecular weight excluding hydrogens is 320 g/mol. The van der Waals surface area contributed by atoms with Crippen molar-refractivity contribution in [3.8, 4) is 17.1 Å². The topological polar surface area (TPSA) is 55.7 Å². The van der Waals surface area contributed by atoms with Crippen LogP contribution in [0.4, 0.5) is 0 Å². The summed E-state index contributed by atoms with van der Waals surface area (Å²) < 4.78 is 7.54. The van der Waals surface area contributed by atoms with Crippen molar-refractivity contribution in [2.45, 2.75) is 42.8 Å². The fourth-order valence-electron chi connectivity index (χ4n) is 3.19. The van der Waals surface area contributed by atoms with E-state index in [1.54, 1.807) is 18.9 Å². The second kappa shape index (κ2) is 6.36. The number of rotatable bonds is 4. The molecule has 5 nitrogen and oxygen atoms in total. The molecule has 0 spiro atoms. The van der Waals surface area contributed by atoms with Gasteiger partial charge in [0.2, 0.25) is 0 Å². The van der Waals surface area contributed by atoms with Crippen LogP contribution in [0.25, 0.3) is 11.4 Å². The van der Waals surface area contributed by atoms with Crippen molar-refractivity contribution in [3.05, 3.63) is 42.0 Å². The van der Waals surface area contributed by atoms with Crippen LogP contribution in [0.1, 0.15) is 24.4 Å². The molecule has 0 amide bonds. The molecule has 3 aromatic rings. The molecule has 0 saturated heterocycles. The number of imidazole rings is 2. The number of H-pyrrole nitrogens is 1. The molecule has 0 fully saturated rings. The van der Waals surface area contributed by atoms with Crippen LogP contribution in [0.15, 0.2) is 40.5 Å². The number of aromatic nitrogens is 4. The number of nitrogens with one attached hydrogen (secondary N) is 1. The van der Waals surface area contributed by atoms with E-state index in [4.69, 9.17) is 9.72 Å². The average Bonchev–Trinajstić information content (AvgIpc) is 3.18. The Hall–Kier alpha value is -2.21. The lowest BCUT2D eigenvalue weighted by Gasteiger charge is -2.15. The summed E-state index contributed by atoms with van der Waals surface area (Å²) >= 11 is 1.62. The maximum atomic E-state index is 5.20. The van der Waals surface area contributed by atoms with Gasteiger partial charge in [-0.05, 0) is 44.0 Å². The molecule has 2 aromatic heterocycles. The molecule has 4 rings (SSSR count). The van der Waals surface area contributed by atoms with Crippen molar-refractivity contribution in [1.29, 1.82) is 0 Å². The van der Waals surface area contributed by atoms with E-state index >= 15 is 0 Å². The van der Waals surface area contributed by atoms with Gasteiger partial charge in [-0.2, -0.15) is 0 Å². The van der Waals surface area contributed by atoms with Gasteiger partial charge in [-0.1, -0.05) is 11.8 Å². The van der Waals surface area contributed by atoms with E-state index in [1.165, 1.54) is 24.4 Å². The fraction of sp³-hybridized carbons (Fsp3) is 0.333. The summed E-state index contributed by atoms with van der Waals surface area (Å²) in [5, 5.41) is 0.890. The predicted molar refractivity (Wildman–Crippen MR) is 94.6 cm³/mol. The lowest BCUT2D eigenvalue weighted by molar-refractivity contribution is 0.414. The van der Waals surface area contributed by atoms with Crippen LogP contribution in [-0.2, 0) is 13.0 Å². The molecule has 0 atom stereocenters. The normalized spacial score (nSPS) is 13.8. The standard InChI is InChI=1S/C18H20N4OS/c1-12-17(22-10-4-3-5-16(22)20-12)15-11-19-18(21-15)24-14-8-6-13(23-2)7-9-14/h6-9,11H,3-5,10H2,1-2H3,(H,19,21). The number of ether oxygens (including phenoxy) is 1. The van der Waals surface area contributed by atoms with E-state index in [9.17, 15) is 0 Å². The molecule has 0 unspecified atom stereocenters. The molecule has 0 aliphatic carbocycles. The lowest BCUT2D eigenvalue weighted by atomic mass is 10.1. The highest BCUT2D eigenvalue weighted by Crippen LogP contribution is 2.31. The van der Waals surface area contributed by atoms with Gasteiger partial charge in [0, 0.05) is 17.9 Å². The minimum absolute atomic E-state index is 0.862. The number of fused-ring (bicyclic) bond motifs is 1. The summed E-state index contributed by atoms with van der Waals surface area (Å²) in [6.45, 7) is 3.13. The van der Waals surface area contributed by atoms with E-state index in [2.05, 4.69) is 21.5 Å². The van der Waals surface area contributed by atoms with Gasteiger partial charge in [-0.15, -0.1) is 0 Å². The third kappa shape index (κ3) is 2.82. The molecule has 0 saturated carbocycles. The zero-order valence-corrected chi connectivity index (χ0v) is 14.7. The van der Waals surface area contributed by atoms with Gasteiger partial charge >= 0.3 is 0 Å². The highest BCUT2D eigenvalue weighted by molar-refractivity contribution is 7.99. The Morgan fingerprint density at radius 1 is 1.21 bits per heavy atom. The number of hydrogen-bond donors (Lipinski definition) is 1. The van der Waals surface area contributed by atoms with Gasteiger partial charge in [0.25, 0.3) is 0 Å². The van der Waals surface area contributed by atoms with Crippen molar-refractivity contribution in [2.24, 2.45) is 0 Å². The van der Waals surface area contributed by atoms with Gasteiger partial charge in [-0.3, -0.25) is 0 Å². The molecular formula is C18H20N4OS. The van der Waals surface area contributed by atoms with Gasteiger partial charge in [-0.25, -0.2) is 9.97 Å². The first-order chi connectivity index (χ1) is 11.7. The maximum Gasteiger partial charge on any atom is 0.170 e. The largest absolute Gasteiger partial charge is 0.497 e. The Morgan fingerprint density at radius 2 is 2.04 bits per heavy atom. The van der Waals surface area contributed by atoms with Gasteiger partial charge in [0.15, 0.2) is 5.16 Å². The van der Waals surface area contributed by atoms with Crippen LogP contribution in [0.5, 0.6) is 5.75 Å². The number of methoxy groups -OCH3 is 1. The molecule has 1 aromatic carbocycles. The first-order valence-corrected chi connectivity index (χ1v) is 8.99. The molecule has 1 N–H and O–H groups in total. The molecule has 1 aliphatic rings. The van der Waals surface area contributed by atoms with Crippen LogP contribution in [-0.4, -0.2) is 26.6 Å². The third-order valence-corrected chi connectivity index (χ3v) is 5.24. The number of aromatic amines is 1. The summed E-state index contributed by atoms with van der Waals surface area (Å²) in [5.74, 6) is 2.06. The van der Waals surface area contributed by atoms with E-state index in [0.717, 1.165) is 40.2 Å². The molecule has 3 heterocycles. The highest BCUT2D eigenvalue weighted by atomic mass is 32.2. The Morgan fingerprint density at radius 3 is 2.83 bits per heavy atom. The Labute approximate surface area is 145 Å². The average molecular weight is 340 g/mol. The summed E-state index contributed by atoms with van der Waals surface area (Å²) in [6, 6.07) is 8.00. The zero-order valence-electron chi connectivity index (χ0n) is 13.9. The maximum absolute atomic E-state index is 5.20. The molecule has 24 heavy (non-hydrogen) atoms. The lowest BCUT2D eigenvalue weighted by Crippen LogP contribution is -2.11. The van der Waals surface area contributed by atoms with Crippen molar-refractivity contribution in [2.75, 3.05) is 7.11 Å². The number of benzene rings is 1. The Kier molecular flexibility index (Phi) is 4.06. The Bertz CT molecular complexity index is 851. The fourth-order valence-corrected chi connectivity index (χ4v) is 3.95. The van der Waals surface area contributed by atoms with Crippen LogP contribution < -0.4 is 4.74 Å². The minimum Gasteiger partial charge on any atom is -0.497 e. The van der Waals surface area contributed by atoms with Crippen molar-refractivity contribution in [3.63, 3.8) is 0 Å². The van der Waals surface area contributed by atoms with Crippen LogP contribution in [0, 0.1) is 6.92 Å². The quantitative estimate of drug-likeness (QED) is 0.777. The van der Waals surface area contributed by atoms with Crippen molar-refractivity contribution >= 4 is 11.8 Å². The van der Waals surface area contributed by atoms with E-state index in [0.29, 0.717) is 0 Å². The zero-order chi connectivity index (χ0) is 16.5. The molecule has 6 heteroatoms. The van der Waals surface area contributed by atoms with Crippen LogP contribution in [0.2, 0.25) is 0 Å². The molecule has 0 radical (unpaired) electrons. The van der Waals surface area contributed by atoms with Gasteiger partial charge in [0.1, 0.15) is 11.6 Å². The van der Waals surface area contributed by atoms with E-state index in [-0.39, 0.29) is 0 Å². The molecule has 124 valence electrons. The summed E-state index contributed by atoms with van der Waals surface area (Å²) in [4.78, 5) is 13.8. The highest BCUT2D eigenvalue weighted by Gasteiger charge is 2.20. The molecule has 1 aliphatic heterocycles. The van der Waals surface area contributed by atoms with E-state index in [1.807, 2.05) is 30.5 Å². The monoisotopic (exact) mass is 340 g/mol. The first kappa shape index (κ1) is 15.3. The smallest absolute Gasteiger partial charge is 0.170 e. The minimum atomic E-state index is 0.862. The Balaban J connectivity index is 1.60. The van der Waals surface area contributed by atoms with Crippen LogP contribution in [0.3, 0.4) is 0 Å². The molecule has 0 bridgehead atoms. The van der Waals surface area contributed by atoms with Crippen molar-refractivity contribution < 1.29 is 4.74 Å². The van der Waals surface area contributed by atoms with Crippen LogP contribution >= 0.6 is 11.8 Å². The summed E-state index contributed by atoms with van der Waals surface area (Å²) in [7, 11) is 1.68. The number of hydrogen-bond acceptors (Lipinski definition) is 4. The first-order valence-electron chi connectivity index (χ1n) is 8.18. The second-order valence-electron chi connectivity index (χ2n) is 5.95. The van der Waals surface area contributed by atoms with E-state index < -0.39 is 0 Å². The van der Waals surface area contributed by atoms with Gasteiger partial charge < -0.3 is 14.3 Å².